The van der Waals surface area contributed by atoms with Crippen LogP contribution in [0.4, 0.5) is 0 Å². The van der Waals surface area contributed by atoms with Gasteiger partial charge in [0.1, 0.15) is 95.8 Å². The van der Waals surface area contributed by atoms with Gasteiger partial charge in [-0.05, 0) is 128 Å². The number of H-pyrrole nitrogens is 2. The van der Waals surface area contributed by atoms with E-state index in [1.54, 1.807) is 69.2 Å². The lowest BCUT2D eigenvalue weighted by molar-refractivity contribution is -0.143. The number of phenols is 3. The Morgan fingerprint density at radius 1 is 0.469 bits per heavy atom. The number of aromatic hydroxyl groups is 3. The molecule has 128 heavy (non-hydrogen) atoms. The number of aliphatic carboxylic acids is 2. The largest absolute Gasteiger partial charge is 0.508 e. The van der Waals surface area contributed by atoms with Crippen LogP contribution >= 0.6 is 0 Å². The lowest BCUT2D eigenvalue weighted by Crippen LogP contribution is -2.62. The molecule has 5 aromatic rings. The van der Waals surface area contributed by atoms with E-state index in [9.17, 15) is 83.4 Å². The standard InChI is InChI=1S/C86H125N21O21/c1-11-48(10)71(106-80(122)64(35-51-20-26-56(111)27-21-51)102-82(124)70(47(8)9)105-73(115)58(14-12-28-92-86(88)89)95-72(114)57(87)38-69(112)113)83(125)103-66(37-53-40-91-43-94-53)84(126)107-29-13-15-68(107)81(123)101-61(32-46(6)7)76(118)100-65(36-52-39-90-42-93-52)79(121)97-59(30-44(2)3)74(116)96-60(31-45(4)5)75(117)98-62(33-49-16-22-54(109)23-17-49)77(119)99-63(34-50-18-24-55(110)25-19-50)78(120)104-67(41-108)85(127)128/h16-27,39-40,42-48,57-68,70-71,108-111H,11-15,28-38,41,87H2,1-10H3,(H,90,93)(H,91,94)(H,95,114)(H,96,116)(H,97,121)(H,98,117)(H,99,119)(H,100,118)(H,101,123)(H,102,124)(H,103,125)(H,104,120)(H,105,115)(H,106,122)(H,112,113)(H,127,128)(H4,88,89,92)/t48-,57-,58-,59-,60-,61-,62-,63-,64-,65-,66-,67-,68-,70-,71-/m0/s1. The van der Waals surface area contributed by atoms with Gasteiger partial charge in [-0.25, -0.2) is 14.8 Å². The summed E-state index contributed by atoms with van der Waals surface area (Å²) in [5, 5.41) is 101. The smallest absolute Gasteiger partial charge is 0.328 e. The monoisotopic (exact) mass is 1790 g/mol. The minimum atomic E-state index is -1.78. The number of aliphatic hydroxyl groups is 1. The highest BCUT2D eigenvalue weighted by Crippen LogP contribution is 2.24. The molecular weight excluding hydrogens is 1660 g/mol. The Bertz CT molecular complexity index is 4550. The normalized spacial score (nSPS) is 15.8. The third-order valence-electron chi connectivity index (χ3n) is 21.3. The average Bonchev–Trinajstić information content (AvgIpc) is 1.63. The van der Waals surface area contributed by atoms with Gasteiger partial charge in [-0.15, -0.1) is 0 Å². The second kappa shape index (κ2) is 50.8. The highest BCUT2D eigenvalue weighted by atomic mass is 16.4. The van der Waals surface area contributed by atoms with Gasteiger partial charge < -0.3 is 126 Å². The molecule has 0 saturated carbocycles. The van der Waals surface area contributed by atoms with Crippen LogP contribution in [-0.4, -0.2) is 254 Å². The molecule has 1 aliphatic rings. The Morgan fingerprint density at radius 3 is 1.22 bits per heavy atom. The van der Waals surface area contributed by atoms with Gasteiger partial charge >= 0.3 is 11.9 Å². The zero-order valence-corrected chi connectivity index (χ0v) is 73.5. The highest BCUT2D eigenvalue weighted by molar-refractivity contribution is 6.01. The quantitative estimate of drug-likeness (QED) is 0.0120. The van der Waals surface area contributed by atoms with E-state index in [-0.39, 0.29) is 138 Å². The second-order valence-electron chi connectivity index (χ2n) is 33.7. The molecule has 3 aromatic carbocycles. The van der Waals surface area contributed by atoms with Crippen molar-refractivity contribution in [3.05, 3.63) is 126 Å². The number of aromatic nitrogens is 4. The van der Waals surface area contributed by atoms with Crippen LogP contribution in [0, 0.1) is 35.0 Å². The van der Waals surface area contributed by atoms with E-state index >= 15 is 19.2 Å². The van der Waals surface area contributed by atoms with Gasteiger partial charge in [0.25, 0.3) is 0 Å². The molecular formula is C86H125N21O21. The Kier molecular flexibility index (Phi) is 41.0. The number of nitrogens with one attached hydrogen (secondary N) is 16. The van der Waals surface area contributed by atoms with Crippen LogP contribution in [0.15, 0.2) is 97.8 Å². The topological polar surface area (TPSA) is 670 Å². The molecule has 0 bridgehead atoms. The van der Waals surface area contributed by atoms with Crippen molar-refractivity contribution in [3.8, 4) is 17.2 Å². The van der Waals surface area contributed by atoms with Crippen LogP contribution in [0.2, 0.25) is 0 Å². The molecule has 26 N–H and O–H groups in total. The van der Waals surface area contributed by atoms with Crippen molar-refractivity contribution in [1.29, 1.82) is 5.41 Å². The summed E-state index contributed by atoms with van der Waals surface area (Å²) in [7, 11) is 0. The van der Waals surface area contributed by atoms with Gasteiger partial charge in [0, 0.05) is 69.0 Å². The van der Waals surface area contributed by atoms with Gasteiger partial charge in [-0.2, -0.15) is 0 Å². The fourth-order valence-corrected chi connectivity index (χ4v) is 14.2. The second-order valence-corrected chi connectivity index (χ2v) is 33.7. The molecule has 1 aliphatic heterocycles. The summed E-state index contributed by atoms with van der Waals surface area (Å²) in [6, 6.07) is -3.80. The van der Waals surface area contributed by atoms with Gasteiger partial charge in [-0.3, -0.25) is 72.5 Å². The van der Waals surface area contributed by atoms with Crippen molar-refractivity contribution < 1.29 is 103 Å². The Balaban J connectivity index is 1.23. The summed E-state index contributed by atoms with van der Waals surface area (Å²) in [6.07, 6.45) is 4.00. The number of likely N-dealkylation sites (tertiary alicyclic amines) is 1. The van der Waals surface area contributed by atoms with Crippen LogP contribution < -0.4 is 80.6 Å². The molecule has 6 rings (SSSR count). The number of imidazole rings is 2. The maximum atomic E-state index is 15.3. The minimum absolute atomic E-state index is 0.0127. The van der Waals surface area contributed by atoms with Crippen LogP contribution in [0.1, 0.15) is 155 Å². The van der Waals surface area contributed by atoms with E-state index in [1.807, 2.05) is 0 Å². The van der Waals surface area contributed by atoms with Gasteiger partial charge in [-0.1, -0.05) is 112 Å². The molecule has 0 radical (unpaired) electrons. The number of rotatable bonds is 52. The first-order valence-corrected chi connectivity index (χ1v) is 42.7. The number of phenolic OH excluding ortho intramolecular Hbond substituents is 3. The van der Waals surface area contributed by atoms with E-state index in [0.717, 1.165) is 0 Å². The fourth-order valence-electron chi connectivity index (χ4n) is 14.2. The first-order valence-electron chi connectivity index (χ1n) is 42.7. The maximum Gasteiger partial charge on any atom is 0.328 e. The summed E-state index contributed by atoms with van der Waals surface area (Å²) in [5.41, 5.74) is 13.2. The number of nitrogens with two attached hydrogens (primary N) is 2. The number of aromatic amines is 2. The Hall–Kier alpha value is -13.3. The number of aliphatic hydroxyl groups excluding tert-OH is 1. The SMILES string of the molecule is CC[C@H](C)[C@H](NC(=O)[C@H](Cc1ccc(O)cc1)NC(=O)[C@@H](NC(=O)[C@H](CCCNC(=N)N)NC(=O)[C@@H](N)CC(=O)O)C(C)C)C(=O)N[C@@H](Cc1cnc[nH]1)C(=O)N1CCC[C@H]1C(=O)N[C@@H](CC(C)C)C(=O)N[C@@H](Cc1cnc[nH]1)C(=O)N[C@@H](CC(C)C)C(=O)N[C@@H](CC(C)C)C(=O)N[C@@H](Cc1ccc(O)cc1)C(=O)N[C@@H](Cc1ccc(O)cc1)C(=O)N[C@@H](CO)C(=O)O. The summed E-state index contributed by atoms with van der Waals surface area (Å²) >= 11 is 0. The Labute approximate surface area is 741 Å². The molecule has 2 aromatic heterocycles. The van der Waals surface area contributed by atoms with E-state index in [1.165, 1.54) is 103 Å². The summed E-state index contributed by atoms with van der Waals surface area (Å²) in [6.45, 7) is 16.3. The number of nitrogens with zero attached hydrogens (tertiary/aromatic N) is 3. The first-order chi connectivity index (χ1) is 60.5. The zero-order valence-electron chi connectivity index (χ0n) is 73.5. The Morgan fingerprint density at radius 2 is 0.828 bits per heavy atom. The molecule has 1 fully saturated rings. The lowest BCUT2D eigenvalue weighted by atomic mass is 9.96. The van der Waals surface area contributed by atoms with Crippen LogP contribution in [0.25, 0.3) is 0 Å². The van der Waals surface area contributed by atoms with Crippen molar-refractivity contribution >= 4 is 94.7 Å². The number of carboxylic acid groups (broad SMARTS) is 2. The van der Waals surface area contributed by atoms with Gasteiger partial charge in [0.2, 0.25) is 76.8 Å². The van der Waals surface area contributed by atoms with Crippen molar-refractivity contribution in [2.24, 2.45) is 41.1 Å². The molecule has 42 heteroatoms. The first kappa shape index (κ1) is 104. The summed E-state index contributed by atoms with van der Waals surface area (Å²) < 4.78 is 0. The number of hydrogen-bond acceptors (Lipinski definition) is 23. The molecule has 0 aliphatic carbocycles. The maximum absolute atomic E-state index is 15.3. The third kappa shape index (κ3) is 33.9. The number of carbonyl (C=O) groups excluding carboxylic acids is 13. The molecule has 42 nitrogen and oxygen atoms in total. The number of guanidine groups is 1. The molecule has 15 atom stereocenters. The van der Waals surface area contributed by atoms with Crippen molar-refractivity contribution in [3.63, 3.8) is 0 Å². The average molecular weight is 1790 g/mol. The number of hydrogen-bond donors (Lipinski definition) is 24. The molecule has 0 unspecified atom stereocenters. The van der Waals surface area contributed by atoms with Crippen LogP contribution in [0.3, 0.4) is 0 Å². The molecule has 700 valence electrons. The fraction of sp³-hybridized carbons (Fsp3) is 0.535. The van der Waals surface area contributed by atoms with Crippen molar-refractivity contribution in [2.75, 3.05) is 19.7 Å². The summed E-state index contributed by atoms with van der Waals surface area (Å²) in [5.74, 6) is -17.6. The molecule has 1 saturated heterocycles. The van der Waals surface area contributed by atoms with Gasteiger partial charge in [0.15, 0.2) is 5.96 Å². The molecule has 13 amide bonds. The number of carboxylic acids is 2. The van der Waals surface area contributed by atoms with Crippen LogP contribution in [-0.2, 0) is 104 Å². The zero-order chi connectivity index (χ0) is 94.8. The molecule has 0 spiro atoms. The lowest BCUT2D eigenvalue weighted by Gasteiger charge is -2.32. The molecule has 3 heterocycles. The predicted octanol–water partition coefficient (Wildman–Crippen LogP) is -1.45. The third-order valence-corrected chi connectivity index (χ3v) is 21.3. The van der Waals surface area contributed by atoms with Crippen molar-refractivity contribution in [2.45, 2.75) is 244 Å². The van der Waals surface area contributed by atoms with E-state index in [0.29, 0.717) is 28.1 Å². The van der Waals surface area contributed by atoms with E-state index in [4.69, 9.17) is 16.9 Å². The minimum Gasteiger partial charge on any atom is -0.508 e. The van der Waals surface area contributed by atoms with Crippen molar-refractivity contribution in [1.82, 2.24) is 94.0 Å². The number of benzene rings is 3. The van der Waals surface area contributed by atoms with Crippen LogP contribution in [0.5, 0.6) is 17.2 Å². The summed E-state index contributed by atoms with van der Waals surface area (Å²) in [4.78, 5) is 229. The van der Waals surface area contributed by atoms with Gasteiger partial charge in [0.05, 0.1) is 31.7 Å². The predicted molar refractivity (Wildman–Crippen MR) is 465 cm³/mol. The number of carbonyl (C=O) groups is 15. The van der Waals surface area contributed by atoms with E-state index < -0.39 is 198 Å². The highest BCUT2D eigenvalue weighted by Gasteiger charge is 2.43. The number of amides is 13. The van der Waals surface area contributed by atoms with E-state index in [2.05, 4.69) is 89.1 Å².